The Kier molecular flexibility index (Phi) is 9.81. The van der Waals surface area contributed by atoms with E-state index in [0.29, 0.717) is 42.6 Å². The first-order valence-electron chi connectivity index (χ1n) is 13.1. The Morgan fingerprint density at radius 2 is 1.77 bits per heavy atom. The van der Waals surface area contributed by atoms with Gasteiger partial charge in [0.1, 0.15) is 5.75 Å². The van der Waals surface area contributed by atoms with E-state index in [9.17, 15) is 9.59 Å². The molecule has 1 atom stereocenters. The molecule has 4 rings (SSSR count). The van der Waals surface area contributed by atoms with Gasteiger partial charge < -0.3 is 30.3 Å². The van der Waals surface area contributed by atoms with Crippen molar-refractivity contribution in [2.45, 2.75) is 19.1 Å². The van der Waals surface area contributed by atoms with E-state index in [-0.39, 0.29) is 22.7 Å². The molecule has 214 valence electrons. The summed E-state index contributed by atoms with van der Waals surface area (Å²) in [5.74, 6) is 0.0210. The van der Waals surface area contributed by atoms with Crippen LogP contribution in [0.15, 0.2) is 60.9 Å². The van der Waals surface area contributed by atoms with E-state index in [1.165, 1.54) is 0 Å². The van der Waals surface area contributed by atoms with Crippen molar-refractivity contribution in [2.75, 3.05) is 75.9 Å². The molecule has 0 spiro atoms. The number of carbonyl (C=O) groups excluding carboxylic acids is 2. The number of rotatable bonds is 12. The van der Waals surface area contributed by atoms with E-state index in [2.05, 4.69) is 33.4 Å². The largest absolute Gasteiger partial charge is 0.367 e. The number of para-hydroxylation sites is 2. The molecule has 2 heterocycles. The molecule has 40 heavy (non-hydrogen) atoms. The fraction of sp³-hybridized carbons (Fsp3) is 0.379. The molecular weight excluding hydrogens is 567 g/mol. The molecule has 0 saturated heterocycles. The summed E-state index contributed by atoms with van der Waals surface area (Å²) >= 11 is 12.2. The van der Waals surface area contributed by atoms with Gasteiger partial charge in [0.15, 0.2) is 0 Å². The number of carbonyl (C=O) groups is 2. The van der Waals surface area contributed by atoms with Crippen LogP contribution in [0.3, 0.4) is 0 Å². The zero-order valence-electron chi connectivity index (χ0n) is 23.3. The maximum atomic E-state index is 14.4. The Bertz CT molecular complexity index is 1340. The maximum Gasteiger partial charge on any atom is 0.293 e. The molecule has 0 saturated carbocycles. The second-order valence-corrected chi connectivity index (χ2v) is 13.1. The molecule has 3 aromatic rings. The SMILES string of the molecule is Cc1ccc(NC(=O)C2(n3ccc(NC(=O)CC[S+](C)C)c3)Nc3ccccc3N2C)c(N(CCCl)CCCl)c1. The fourth-order valence-electron chi connectivity index (χ4n) is 4.85. The van der Waals surface area contributed by atoms with Crippen molar-refractivity contribution in [1.29, 1.82) is 0 Å². The number of hydrogen-bond donors (Lipinski definition) is 3. The van der Waals surface area contributed by atoms with Gasteiger partial charge in [-0.3, -0.25) is 9.59 Å². The highest BCUT2D eigenvalue weighted by Gasteiger charge is 2.50. The number of halogens is 2. The highest BCUT2D eigenvalue weighted by molar-refractivity contribution is 7.95. The van der Waals surface area contributed by atoms with E-state index < -0.39 is 5.79 Å². The molecule has 1 aliphatic heterocycles. The van der Waals surface area contributed by atoms with E-state index >= 15 is 0 Å². The van der Waals surface area contributed by atoms with E-state index in [0.717, 1.165) is 28.4 Å². The van der Waals surface area contributed by atoms with Crippen LogP contribution in [-0.2, 0) is 26.3 Å². The molecule has 0 aliphatic carbocycles. The third-order valence-electron chi connectivity index (χ3n) is 6.92. The van der Waals surface area contributed by atoms with Crippen LogP contribution in [0.5, 0.6) is 0 Å². The number of aromatic nitrogens is 1. The van der Waals surface area contributed by atoms with Gasteiger partial charge in [-0.1, -0.05) is 18.2 Å². The Hall–Kier alpha value is -3.01. The van der Waals surface area contributed by atoms with Gasteiger partial charge >= 0.3 is 0 Å². The fourth-order valence-corrected chi connectivity index (χ4v) is 5.85. The number of amides is 2. The molecular formula is C29H37Cl2N6O2S+. The Balaban J connectivity index is 1.70. The van der Waals surface area contributed by atoms with Crippen molar-refractivity contribution in [2.24, 2.45) is 0 Å². The molecule has 3 N–H and O–H groups in total. The molecule has 0 bridgehead atoms. The Morgan fingerprint density at radius 1 is 1.05 bits per heavy atom. The first-order chi connectivity index (χ1) is 19.2. The molecule has 8 nitrogen and oxygen atoms in total. The van der Waals surface area contributed by atoms with Crippen LogP contribution in [0.25, 0.3) is 0 Å². The number of fused-ring (bicyclic) bond motifs is 1. The summed E-state index contributed by atoms with van der Waals surface area (Å²) in [7, 11) is 2.06. The van der Waals surface area contributed by atoms with Crippen LogP contribution in [0.1, 0.15) is 12.0 Å². The monoisotopic (exact) mass is 603 g/mol. The number of benzene rings is 2. The van der Waals surface area contributed by atoms with E-state index in [1.54, 1.807) is 17.0 Å². The van der Waals surface area contributed by atoms with Gasteiger partial charge in [-0.25, -0.2) is 0 Å². The summed E-state index contributed by atoms with van der Waals surface area (Å²) in [6, 6.07) is 15.5. The van der Waals surface area contributed by atoms with Crippen LogP contribution in [0.4, 0.5) is 28.4 Å². The minimum absolute atomic E-state index is 0.0450. The van der Waals surface area contributed by atoms with E-state index in [4.69, 9.17) is 23.2 Å². The minimum atomic E-state index is -1.34. The molecule has 1 unspecified atom stereocenters. The summed E-state index contributed by atoms with van der Waals surface area (Å²) in [6.07, 6.45) is 8.28. The number of alkyl halides is 2. The molecule has 1 aliphatic rings. The van der Waals surface area contributed by atoms with Gasteiger partial charge in [-0.05, 0) is 53.7 Å². The highest BCUT2D eigenvalue weighted by Crippen LogP contribution is 2.43. The first kappa shape index (κ1) is 30.0. The van der Waals surface area contributed by atoms with Gasteiger partial charge in [0.25, 0.3) is 11.7 Å². The summed E-state index contributed by atoms with van der Waals surface area (Å²) in [6.45, 7) is 3.19. The average molecular weight is 605 g/mol. The second kappa shape index (κ2) is 13.1. The van der Waals surface area contributed by atoms with Crippen LogP contribution >= 0.6 is 23.2 Å². The lowest BCUT2D eigenvalue weighted by Crippen LogP contribution is -2.59. The van der Waals surface area contributed by atoms with E-state index in [1.807, 2.05) is 67.4 Å². The first-order valence-corrected chi connectivity index (χ1v) is 16.4. The van der Waals surface area contributed by atoms with Crippen LogP contribution in [0.2, 0.25) is 0 Å². The molecule has 11 heteroatoms. The van der Waals surface area contributed by atoms with Crippen molar-refractivity contribution < 1.29 is 9.59 Å². The summed E-state index contributed by atoms with van der Waals surface area (Å²) in [5, 5.41) is 9.62. The van der Waals surface area contributed by atoms with Gasteiger partial charge in [0, 0.05) is 44.3 Å². The van der Waals surface area contributed by atoms with Crippen molar-refractivity contribution in [3.05, 3.63) is 66.5 Å². The minimum Gasteiger partial charge on any atom is -0.367 e. The quantitative estimate of drug-likeness (QED) is 0.198. The number of nitrogens with zero attached hydrogens (tertiary/aromatic N) is 3. The predicted octanol–water partition coefficient (Wildman–Crippen LogP) is 5.10. The zero-order chi connectivity index (χ0) is 28.9. The van der Waals surface area contributed by atoms with Crippen molar-refractivity contribution in [1.82, 2.24) is 4.57 Å². The molecule has 2 amide bonds. The van der Waals surface area contributed by atoms with Gasteiger partial charge in [0.05, 0.1) is 47.4 Å². The molecule has 1 aromatic heterocycles. The second-order valence-electron chi connectivity index (χ2n) is 10.0. The van der Waals surface area contributed by atoms with Crippen molar-refractivity contribution in [3.63, 3.8) is 0 Å². The summed E-state index contributed by atoms with van der Waals surface area (Å²) in [4.78, 5) is 30.9. The molecule has 0 fully saturated rings. The molecule has 2 aromatic carbocycles. The number of aryl methyl sites for hydroxylation is 1. The van der Waals surface area contributed by atoms with Gasteiger partial charge in [-0.2, -0.15) is 0 Å². The van der Waals surface area contributed by atoms with Crippen molar-refractivity contribution >= 4 is 74.3 Å². The summed E-state index contributed by atoms with van der Waals surface area (Å²) < 4.78 is 1.80. The molecule has 0 radical (unpaired) electrons. The summed E-state index contributed by atoms with van der Waals surface area (Å²) in [5.41, 5.74) is 4.91. The van der Waals surface area contributed by atoms with Crippen LogP contribution in [0, 0.1) is 6.92 Å². The lowest BCUT2D eigenvalue weighted by molar-refractivity contribution is -0.123. The lowest BCUT2D eigenvalue weighted by Gasteiger charge is -2.37. The van der Waals surface area contributed by atoms with Crippen LogP contribution < -0.4 is 25.8 Å². The third-order valence-corrected chi connectivity index (χ3v) is 8.27. The number of nitrogens with one attached hydrogen (secondary N) is 3. The smallest absolute Gasteiger partial charge is 0.293 e. The van der Waals surface area contributed by atoms with Crippen LogP contribution in [-0.4, -0.2) is 66.5 Å². The Labute approximate surface area is 249 Å². The highest BCUT2D eigenvalue weighted by atomic mass is 35.5. The third kappa shape index (κ3) is 6.32. The van der Waals surface area contributed by atoms with Gasteiger partial charge in [0.2, 0.25) is 5.91 Å². The number of likely N-dealkylation sites (N-methyl/N-ethyl adjacent to an activating group) is 1. The predicted molar refractivity (Wildman–Crippen MR) is 172 cm³/mol. The average Bonchev–Trinajstić information content (AvgIpc) is 3.51. The Morgan fingerprint density at radius 3 is 2.45 bits per heavy atom. The van der Waals surface area contributed by atoms with Gasteiger partial charge in [-0.15, -0.1) is 23.2 Å². The maximum absolute atomic E-state index is 14.4. The zero-order valence-corrected chi connectivity index (χ0v) is 25.7. The normalized spacial score (nSPS) is 16.0. The number of anilines is 5. The topological polar surface area (TPSA) is 81.6 Å². The number of hydrogen-bond acceptors (Lipinski definition) is 5. The lowest BCUT2D eigenvalue weighted by atomic mass is 10.1. The van der Waals surface area contributed by atoms with Crippen molar-refractivity contribution in [3.8, 4) is 0 Å². The standard InChI is InChI=1S/C29H36Cl2N6O2S/c1-21-9-10-23(26(19-21)36(16-13-30)17-14-31)33-28(39)29(34-24-7-5-6-8-25(24)35(29)2)37-15-11-22(20-37)32-27(38)12-18-40(3)4/h5-11,15,19-20,34H,12-14,16-18H2,1-4H3,(H-,32,33,38,39)/p+1.